The van der Waals surface area contributed by atoms with Gasteiger partial charge in [0.2, 0.25) is 5.91 Å². The number of nitro groups is 1. The first-order valence-electron chi connectivity index (χ1n) is 8.51. The van der Waals surface area contributed by atoms with Crippen molar-refractivity contribution in [3.05, 3.63) is 75.5 Å². The van der Waals surface area contributed by atoms with Crippen LogP contribution in [-0.4, -0.2) is 15.8 Å². The van der Waals surface area contributed by atoms with Crippen molar-refractivity contribution in [2.45, 2.75) is 26.3 Å². The molecule has 1 aromatic heterocycles. The number of amides is 1. The van der Waals surface area contributed by atoms with Crippen LogP contribution in [0.4, 0.5) is 5.69 Å². The number of nitrogens with zero attached hydrogens (tertiary/aromatic N) is 2. The second-order valence-corrected chi connectivity index (χ2v) is 6.24. The van der Waals surface area contributed by atoms with E-state index in [-0.39, 0.29) is 34.5 Å². The second-order valence-electron chi connectivity index (χ2n) is 6.24. The Morgan fingerprint density at radius 1 is 1.26 bits per heavy atom. The van der Waals surface area contributed by atoms with Crippen molar-refractivity contribution in [3.8, 4) is 5.75 Å². The Hall–Kier alpha value is -3.48. The van der Waals surface area contributed by atoms with Crippen LogP contribution < -0.4 is 10.4 Å². The highest BCUT2D eigenvalue weighted by molar-refractivity contribution is 5.93. The molecular formula is C20H18N3O4-. The van der Waals surface area contributed by atoms with Crippen molar-refractivity contribution in [1.29, 1.82) is 0 Å². The van der Waals surface area contributed by atoms with Crippen molar-refractivity contribution >= 4 is 22.5 Å². The van der Waals surface area contributed by atoms with Gasteiger partial charge in [0.1, 0.15) is 0 Å². The average Bonchev–Trinajstić information content (AvgIpc) is 2.67. The summed E-state index contributed by atoms with van der Waals surface area (Å²) >= 11 is 0. The van der Waals surface area contributed by atoms with E-state index in [9.17, 15) is 20.0 Å². The molecule has 0 aliphatic rings. The summed E-state index contributed by atoms with van der Waals surface area (Å²) < 4.78 is 0. The molecule has 7 heteroatoms. The van der Waals surface area contributed by atoms with Gasteiger partial charge in [-0.15, -0.1) is 0 Å². The van der Waals surface area contributed by atoms with Crippen molar-refractivity contribution in [2.75, 3.05) is 0 Å². The normalized spacial score (nSPS) is 11.9. The molecule has 3 aromatic rings. The Balaban J connectivity index is 2.26. The number of pyridine rings is 1. The lowest BCUT2D eigenvalue weighted by atomic mass is 9.94. The van der Waals surface area contributed by atoms with Gasteiger partial charge in [0.15, 0.2) is 0 Å². The zero-order chi connectivity index (χ0) is 19.6. The van der Waals surface area contributed by atoms with E-state index in [4.69, 9.17) is 0 Å². The maximum atomic E-state index is 13.0. The van der Waals surface area contributed by atoms with E-state index in [2.05, 4.69) is 10.3 Å². The highest BCUT2D eigenvalue weighted by Gasteiger charge is 2.23. The quantitative estimate of drug-likeness (QED) is 0.553. The standard InChI is InChI=1S/C20H19N3O4/c1-3-17(24)22-18(13-8-6-12(2)7-9-13)15-11-16(23(26)27)14-5-4-10-21-19(14)20(15)25/h4-11,18,25H,3H2,1-2H3,(H,22,24)/p-1. The second kappa shape index (κ2) is 7.41. The summed E-state index contributed by atoms with van der Waals surface area (Å²) in [6, 6.07) is 10.8. The molecule has 1 unspecified atom stereocenters. The van der Waals surface area contributed by atoms with Gasteiger partial charge in [-0.2, -0.15) is 0 Å². The summed E-state index contributed by atoms with van der Waals surface area (Å²) in [7, 11) is 0. The lowest BCUT2D eigenvalue weighted by molar-refractivity contribution is -0.383. The van der Waals surface area contributed by atoms with Crippen LogP contribution in [-0.2, 0) is 4.79 Å². The number of hydrogen-bond acceptors (Lipinski definition) is 5. The summed E-state index contributed by atoms with van der Waals surface area (Å²) in [5.41, 5.74) is 1.62. The van der Waals surface area contributed by atoms with Gasteiger partial charge in [0, 0.05) is 18.7 Å². The Kier molecular flexibility index (Phi) is 5.03. The number of nitrogens with one attached hydrogen (secondary N) is 1. The third-order valence-electron chi connectivity index (χ3n) is 4.40. The minimum atomic E-state index is -0.796. The van der Waals surface area contributed by atoms with Gasteiger partial charge in [0.05, 0.1) is 21.9 Å². The first-order chi connectivity index (χ1) is 12.9. The predicted molar refractivity (Wildman–Crippen MR) is 99.3 cm³/mol. The van der Waals surface area contributed by atoms with Crippen LogP contribution in [0.15, 0.2) is 48.7 Å². The molecule has 27 heavy (non-hydrogen) atoms. The maximum Gasteiger partial charge on any atom is 0.279 e. The first-order valence-corrected chi connectivity index (χ1v) is 8.51. The van der Waals surface area contributed by atoms with E-state index in [1.54, 1.807) is 25.1 Å². The average molecular weight is 364 g/mol. The van der Waals surface area contributed by atoms with E-state index in [1.165, 1.54) is 18.3 Å². The molecule has 1 heterocycles. The molecule has 1 amide bonds. The minimum Gasteiger partial charge on any atom is -0.871 e. The van der Waals surface area contributed by atoms with Crippen molar-refractivity contribution in [1.82, 2.24) is 10.3 Å². The molecule has 0 fully saturated rings. The number of fused-ring (bicyclic) bond motifs is 1. The van der Waals surface area contributed by atoms with Crippen molar-refractivity contribution in [2.24, 2.45) is 0 Å². The van der Waals surface area contributed by atoms with Crippen LogP contribution in [0.5, 0.6) is 5.75 Å². The van der Waals surface area contributed by atoms with Crippen molar-refractivity contribution in [3.63, 3.8) is 0 Å². The van der Waals surface area contributed by atoms with Crippen LogP contribution in [0.2, 0.25) is 0 Å². The SMILES string of the molecule is CCC(=O)NC(c1ccc(C)cc1)c1cc([N+](=O)[O-])c2cccnc2c1[O-]. The van der Waals surface area contributed by atoms with Gasteiger partial charge >= 0.3 is 0 Å². The Labute approximate surface area is 155 Å². The fraction of sp³-hybridized carbons (Fsp3) is 0.200. The van der Waals surface area contributed by atoms with Gasteiger partial charge in [0.25, 0.3) is 5.69 Å². The third-order valence-corrected chi connectivity index (χ3v) is 4.40. The number of aryl methyl sites for hydroxylation is 1. The van der Waals surface area contributed by atoms with Crippen LogP contribution in [0, 0.1) is 17.0 Å². The largest absolute Gasteiger partial charge is 0.871 e. The van der Waals surface area contributed by atoms with Crippen LogP contribution >= 0.6 is 0 Å². The summed E-state index contributed by atoms with van der Waals surface area (Å²) in [6.45, 7) is 3.62. The van der Waals surface area contributed by atoms with Gasteiger partial charge < -0.3 is 10.4 Å². The van der Waals surface area contributed by atoms with Gasteiger partial charge in [-0.1, -0.05) is 42.5 Å². The molecule has 0 saturated heterocycles. The highest BCUT2D eigenvalue weighted by atomic mass is 16.6. The van der Waals surface area contributed by atoms with E-state index >= 15 is 0 Å². The fourth-order valence-corrected chi connectivity index (χ4v) is 2.95. The van der Waals surface area contributed by atoms with Gasteiger partial charge in [-0.3, -0.25) is 19.9 Å². The molecule has 1 N–H and O–H groups in total. The van der Waals surface area contributed by atoms with Crippen LogP contribution in [0.3, 0.4) is 0 Å². The molecule has 0 saturated carbocycles. The number of hydrogen-bond donors (Lipinski definition) is 1. The van der Waals surface area contributed by atoms with E-state index < -0.39 is 16.7 Å². The van der Waals surface area contributed by atoms with Crippen LogP contribution in [0.25, 0.3) is 10.9 Å². The summed E-state index contributed by atoms with van der Waals surface area (Å²) in [5, 5.41) is 27.5. The van der Waals surface area contributed by atoms with E-state index in [0.29, 0.717) is 5.56 Å². The zero-order valence-corrected chi connectivity index (χ0v) is 14.9. The van der Waals surface area contributed by atoms with Crippen LogP contribution in [0.1, 0.15) is 36.1 Å². The van der Waals surface area contributed by atoms with Gasteiger partial charge in [-0.25, -0.2) is 0 Å². The monoisotopic (exact) mass is 364 g/mol. The third kappa shape index (κ3) is 3.57. The zero-order valence-electron chi connectivity index (χ0n) is 14.9. The molecule has 3 rings (SSSR count). The molecule has 0 spiro atoms. The number of carbonyl (C=O) groups excluding carboxylic acids is 1. The van der Waals surface area contributed by atoms with E-state index in [0.717, 1.165) is 5.56 Å². The topological polar surface area (TPSA) is 108 Å². The number of aromatic nitrogens is 1. The number of carbonyl (C=O) groups is 1. The molecule has 0 aliphatic heterocycles. The molecule has 0 bridgehead atoms. The summed E-state index contributed by atoms with van der Waals surface area (Å²) in [4.78, 5) is 27.1. The molecule has 2 aromatic carbocycles. The molecule has 0 radical (unpaired) electrons. The Morgan fingerprint density at radius 2 is 1.96 bits per heavy atom. The minimum absolute atomic E-state index is 0.0181. The lowest BCUT2D eigenvalue weighted by Crippen LogP contribution is -2.29. The lowest BCUT2D eigenvalue weighted by Gasteiger charge is -2.25. The Morgan fingerprint density at radius 3 is 2.59 bits per heavy atom. The van der Waals surface area contributed by atoms with Gasteiger partial charge in [-0.05, 0) is 30.2 Å². The molecule has 0 aliphatic carbocycles. The number of non-ortho nitro benzene ring substituents is 1. The number of nitro benzene ring substituents is 1. The fourth-order valence-electron chi connectivity index (χ4n) is 2.95. The molecular weight excluding hydrogens is 346 g/mol. The Bertz CT molecular complexity index is 1020. The maximum absolute atomic E-state index is 13.0. The molecule has 7 nitrogen and oxygen atoms in total. The first kappa shape index (κ1) is 18.3. The molecule has 1 atom stereocenters. The highest BCUT2D eigenvalue weighted by Crippen LogP contribution is 2.38. The molecule has 138 valence electrons. The van der Waals surface area contributed by atoms with E-state index in [1.807, 2.05) is 19.1 Å². The van der Waals surface area contributed by atoms with Crippen molar-refractivity contribution < 1.29 is 14.8 Å². The summed E-state index contributed by atoms with van der Waals surface area (Å²) in [5.74, 6) is -0.693. The smallest absolute Gasteiger partial charge is 0.279 e. The number of rotatable bonds is 5. The summed E-state index contributed by atoms with van der Waals surface area (Å²) in [6.07, 6.45) is 1.65. The predicted octanol–water partition coefficient (Wildman–Crippen LogP) is 3.14. The number of benzene rings is 2.